The Kier molecular flexibility index (Phi) is 50.4. The van der Waals surface area contributed by atoms with Crippen LogP contribution in [0.1, 0.15) is 226 Å². The first-order valence-electron chi connectivity index (χ1n) is 28.8. The molecule has 0 aliphatic carbocycles. The Hall–Kier alpha value is -3.13. The van der Waals surface area contributed by atoms with E-state index in [1.165, 1.54) is 94.3 Å². The number of esters is 2. The van der Waals surface area contributed by atoms with Crippen molar-refractivity contribution < 1.29 is 57.1 Å². The summed E-state index contributed by atoms with van der Waals surface area (Å²) in [5, 5.41) is 14.5. The maximum atomic E-state index is 12.9. The summed E-state index contributed by atoms with van der Waals surface area (Å²) in [6.45, 7) is 3.37. The third-order valence-electron chi connectivity index (χ3n) is 12.3. The predicted octanol–water partition coefficient (Wildman–Crippen LogP) is 11.3. The number of carbonyl (C=O) groups is 5. The fourth-order valence-corrected chi connectivity index (χ4v) is 10.6. The van der Waals surface area contributed by atoms with Gasteiger partial charge in [0.2, 0.25) is 11.8 Å². The molecule has 442 valence electrons. The Bertz CT molecular complexity index is 1630. The number of rotatable bonds is 55. The minimum atomic E-state index is -4.67. The lowest BCUT2D eigenvalue weighted by Gasteiger charge is -2.20. The minimum Gasteiger partial charge on any atom is -0.480 e. The van der Waals surface area contributed by atoms with Crippen LogP contribution in [-0.4, -0.2) is 108 Å². The molecule has 3 unspecified atom stereocenters. The molecule has 18 nitrogen and oxygen atoms in total. The summed E-state index contributed by atoms with van der Waals surface area (Å²) >= 11 is 0. The van der Waals surface area contributed by atoms with Crippen LogP contribution in [-0.2, 0) is 47.1 Å². The topological polar surface area (TPSA) is 294 Å². The molecule has 0 bridgehead atoms. The van der Waals surface area contributed by atoms with E-state index in [1.807, 2.05) is 0 Å². The zero-order valence-corrected chi connectivity index (χ0v) is 49.3. The third-order valence-corrected chi connectivity index (χ3v) is 15.7. The number of hydrogen-bond acceptors (Lipinski definition) is 14. The normalized spacial score (nSPS) is 13.5. The van der Waals surface area contributed by atoms with Gasteiger partial charge in [0.05, 0.1) is 19.3 Å². The first-order chi connectivity index (χ1) is 36.7. The number of phosphoric ester groups is 1. The van der Waals surface area contributed by atoms with Crippen molar-refractivity contribution in [3.05, 3.63) is 24.3 Å². The zero-order valence-electron chi connectivity index (χ0n) is 46.7. The summed E-state index contributed by atoms with van der Waals surface area (Å²) in [6, 6.07) is -2.13. The van der Waals surface area contributed by atoms with Gasteiger partial charge in [-0.15, -0.1) is 0 Å². The molecule has 0 heterocycles. The van der Waals surface area contributed by atoms with Crippen molar-refractivity contribution in [1.29, 1.82) is 0 Å². The maximum absolute atomic E-state index is 12.9. The second-order valence-corrected chi connectivity index (χ2v) is 23.5. The highest BCUT2D eigenvalue weighted by molar-refractivity contribution is 8.76. The van der Waals surface area contributed by atoms with E-state index in [1.54, 1.807) is 0 Å². The van der Waals surface area contributed by atoms with Crippen molar-refractivity contribution in [2.75, 3.05) is 44.4 Å². The molecular formula is C55H103N6O12PS2. The average Bonchev–Trinajstić information content (AvgIpc) is 3.38. The first-order valence-corrected chi connectivity index (χ1v) is 32.8. The van der Waals surface area contributed by atoms with Crippen LogP contribution in [0.3, 0.4) is 0 Å². The van der Waals surface area contributed by atoms with Gasteiger partial charge in [-0.05, 0) is 77.0 Å². The number of hydrogen-bond donors (Lipinski definition) is 7. The number of phosphoric acid groups is 1. The van der Waals surface area contributed by atoms with E-state index in [9.17, 15) is 38.5 Å². The van der Waals surface area contributed by atoms with Crippen molar-refractivity contribution in [2.24, 2.45) is 22.2 Å². The van der Waals surface area contributed by atoms with Crippen molar-refractivity contribution in [2.45, 2.75) is 244 Å². The molecule has 0 saturated heterocycles. The highest BCUT2D eigenvalue weighted by atomic mass is 33.1. The van der Waals surface area contributed by atoms with Gasteiger partial charge >= 0.3 is 25.7 Å². The number of carboxylic acids is 1. The van der Waals surface area contributed by atoms with Gasteiger partial charge in [0.25, 0.3) is 0 Å². The summed E-state index contributed by atoms with van der Waals surface area (Å²) < 4.78 is 34.0. The largest absolute Gasteiger partial charge is 0.480 e. The smallest absolute Gasteiger partial charge is 0.472 e. The molecule has 4 atom stereocenters. The van der Waals surface area contributed by atoms with Crippen molar-refractivity contribution in [3.63, 3.8) is 0 Å². The van der Waals surface area contributed by atoms with Crippen molar-refractivity contribution in [3.8, 4) is 0 Å². The van der Waals surface area contributed by atoms with Crippen molar-refractivity contribution >= 4 is 65.1 Å². The molecule has 76 heavy (non-hydrogen) atoms. The number of unbranched alkanes of at least 4 members (excludes halogenated alkanes) is 24. The number of carbonyl (C=O) groups excluding carboxylic acids is 4. The van der Waals surface area contributed by atoms with Crippen molar-refractivity contribution in [1.82, 2.24) is 10.6 Å². The Labute approximate surface area is 465 Å². The number of aliphatic imine (C=N–C) groups is 1. The fourth-order valence-electron chi connectivity index (χ4n) is 7.72. The molecule has 0 saturated carbocycles. The predicted molar refractivity (Wildman–Crippen MR) is 311 cm³/mol. The van der Waals surface area contributed by atoms with E-state index in [0.717, 1.165) is 94.3 Å². The standard InChI is InChI=1S/C55H103N6O12PS2/c1-3-5-7-9-11-13-15-17-19-20-22-24-26-28-30-32-34-38-52(64)73-47(44-70-51(63)37-33-31-29-27-25-23-21-18-16-14-12-10-8-6-4-2)45-72-74(68,69)71-42-41-59-50(62)39-43-75-76-46-49(54(66)67)61-53(65)48(56)36-35-40-60-55(57)58/h18-21,47-49H,3-17,22-46,56H2,1-2H3,(H,59,62)(H,61,65)(H,66,67)(H,68,69)(H4,57,58,60)/b20-19-,21-18-/t47-,48?,49?/m0/s1. The van der Waals surface area contributed by atoms with E-state index in [2.05, 4.69) is 53.8 Å². The lowest BCUT2D eigenvalue weighted by Crippen LogP contribution is -2.49. The Morgan fingerprint density at radius 1 is 0.632 bits per heavy atom. The monoisotopic (exact) mass is 1130 g/mol. The van der Waals surface area contributed by atoms with Crippen LogP contribution in [0.2, 0.25) is 0 Å². The second kappa shape index (κ2) is 52.6. The number of ether oxygens (including phenoxy) is 2. The molecular weight excluding hydrogens is 1030 g/mol. The number of guanidine groups is 1. The van der Waals surface area contributed by atoms with Gasteiger partial charge in [-0.1, -0.05) is 175 Å². The van der Waals surface area contributed by atoms with Gasteiger partial charge in [0.15, 0.2) is 12.1 Å². The number of amides is 2. The second-order valence-electron chi connectivity index (χ2n) is 19.4. The molecule has 10 N–H and O–H groups in total. The third kappa shape index (κ3) is 50.4. The van der Waals surface area contributed by atoms with E-state index in [-0.39, 0.29) is 69.6 Å². The molecule has 0 aliphatic rings. The minimum absolute atomic E-state index is 0.0201. The summed E-state index contributed by atoms with van der Waals surface area (Å²) in [6.07, 6.45) is 41.3. The highest BCUT2D eigenvalue weighted by Gasteiger charge is 2.27. The molecule has 0 fully saturated rings. The highest BCUT2D eigenvalue weighted by Crippen LogP contribution is 2.43. The van der Waals surface area contributed by atoms with Crippen LogP contribution in [0.5, 0.6) is 0 Å². The van der Waals surface area contributed by atoms with E-state index >= 15 is 0 Å². The molecule has 0 aromatic heterocycles. The lowest BCUT2D eigenvalue weighted by molar-refractivity contribution is -0.161. The molecule has 21 heteroatoms. The molecule has 0 aliphatic heterocycles. The molecule has 0 aromatic carbocycles. The number of aliphatic carboxylic acids is 1. The van der Waals surface area contributed by atoms with Crippen LogP contribution >= 0.6 is 29.4 Å². The molecule has 0 aromatic rings. The number of carboxylic acid groups (broad SMARTS) is 1. The van der Waals surface area contributed by atoms with Gasteiger partial charge in [0.1, 0.15) is 12.6 Å². The van der Waals surface area contributed by atoms with E-state index < -0.39 is 56.4 Å². The zero-order chi connectivity index (χ0) is 56.2. The molecule has 0 spiro atoms. The number of nitrogens with two attached hydrogens (primary N) is 3. The van der Waals surface area contributed by atoms with Gasteiger partial charge < -0.3 is 47.3 Å². The quantitative estimate of drug-likeness (QED) is 0.00566. The number of nitrogens with one attached hydrogen (secondary N) is 2. The van der Waals surface area contributed by atoms with Crippen LogP contribution in [0, 0.1) is 0 Å². The molecule has 0 rings (SSSR count). The SMILES string of the molecule is CCCCCCCC/C=C\CCCCCCCC(=O)OC[C@@H](COP(=O)(O)OCCNC(=O)CCSSCC(NC(=O)C(N)CCCN=C(N)N)C(=O)O)OC(=O)CCCCCCCC/C=C\CCCCCCCCC. The number of nitrogens with zero attached hydrogens (tertiary/aromatic N) is 1. The number of allylic oxidation sites excluding steroid dienone is 4. The molecule has 0 radical (unpaired) electrons. The Morgan fingerprint density at radius 3 is 1.62 bits per heavy atom. The summed E-state index contributed by atoms with van der Waals surface area (Å²) in [7, 11) is -2.28. The Morgan fingerprint density at radius 2 is 1.12 bits per heavy atom. The van der Waals surface area contributed by atoms with Gasteiger partial charge in [0, 0.05) is 43.9 Å². The lowest BCUT2D eigenvalue weighted by atomic mass is 10.1. The Balaban J connectivity index is 4.75. The first kappa shape index (κ1) is 72.9. The fraction of sp³-hybridized carbons (Fsp3) is 0.818. The summed E-state index contributed by atoms with van der Waals surface area (Å²) in [5.41, 5.74) is 16.4. The molecule has 2 amide bonds. The van der Waals surface area contributed by atoms with Crippen LogP contribution in [0.4, 0.5) is 0 Å². The van der Waals surface area contributed by atoms with Gasteiger partial charge in [-0.25, -0.2) is 9.36 Å². The van der Waals surface area contributed by atoms with Gasteiger partial charge in [-0.3, -0.25) is 33.2 Å². The maximum Gasteiger partial charge on any atom is 0.472 e. The van der Waals surface area contributed by atoms with Crippen LogP contribution in [0.25, 0.3) is 0 Å². The van der Waals surface area contributed by atoms with Crippen LogP contribution in [0.15, 0.2) is 29.3 Å². The van der Waals surface area contributed by atoms with E-state index in [4.69, 9.17) is 35.7 Å². The summed E-state index contributed by atoms with van der Waals surface area (Å²) in [4.78, 5) is 76.2. The average molecular weight is 1140 g/mol. The summed E-state index contributed by atoms with van der Waals surface area (Å²) in [5.74, 6) is -2.96. The van der Waals surface area contributed by atoms with Crippen LogP contribution < -0.4 is 27.8 Å². The van der Waals surface area contributed by atoms with E-state index in [0.29, 0.717) is 25.0 Å². The van der Waals surface area contributed by atoms with Gasteiger partial charge in [-0.2, -0.15) is 0 Å².